The van der Waals surface area contributed by atoms with Crippen molar-refractivity contribution in [2.24, 2.45) is 5.73 Å². The zero-order valence-corrected chi connectivity index (χ0v) is 11.3. The quantitative estimate of drug-likeness (QED) is 0.815. The van der Waals surface area contributed by atoms with E-state index in [9.17, 15) is 0 Å². The molecule has 0 saturated carbocycles. The van der Waals surface area contributed by atoms with E-state index < -0.39 is 0 Å². The minimum Gasteiger partial charge on any atom is -0.478 e. The normalized spacial score (nSPS) is 9.95. The second-order valence-electron chi connectivity index (χ2n) is 3.72. The number of nitrogens with one attached hydrogen (secondary N) is 1. The molecular weight excluding hydrogens is 260 g/mol. The number of thiocarbonyl (C=S) groups is 1. The minimum atomic E-state index is 0.272. The van der Waals surface area contributed by atoms with Crippen molar-refractivity contribution < 1.29 is 4.74 Å². The van der Waals surface area contributed by atoms with Gasteiger partial charge in [-0.3, -0.25) is 0 Å². The molecule has 0 radical (unpaired) electrons. The molecule has 98 valence electrons. The Morgan fingerprint density at radius 1 is 1.37 bits per heavy atom. The molecule has 0 unspecified atom stereocenters. The molecule has 6 heteroatoms. The Morgan fingerprint density at radius 3 is 2.84 bits per heavy atom. The van der Waals surface area contributed by atoms with E-state index in [1.165, 1.54) is 0 Å². The van der Waals surface area contributed by atoms with Gasteiger partial charge in [-0.15, -0.1) is 0 Å². The van der Waals surface area contributed by atoms with Crippen LogP contribution in [0.5, 0.6) is 5.88 Å². The lowest BCUT2D eigenvalue weighted by molar-refractivity contribution is 0.327. The summed E-state index contributed by atoms with van der Waals surface area (Å²) in [5, 5.41) is 3.12. The zero-order valence-electron chi connectivity index (χ0n) is 10.5. The Kier molecular flexibility index (Phi) is 4.25. The first-order valence-electron chi connectivity index (χ1n) is 5.82. The van der Waals surface area contributed by atoms with E-state index in [0.29, 0.717) is 24.0 Å². The largest absolute Gasteiger partial charge is 0.478 e. The van der Waals surface area contributed by atoms with Gasteiger partial charge in [0.2, 0.25) is 5.88 Å². The van der Waals surface area contributed by atoms with E-state index in [0.717, 1.165) is 5.69 Å². The van der Waals surface area contributed by atoms with Gasteiger partial charge in [0.05, 0.1) is 24.2 Å². The summed E-state index contributed by atoms with van der Waals surface area (Å²) in [4.78, 5) is 8.72. The molecule has 2 heterocycles. The van der Waals surface area contributed by atoms with E-state index in [-0.39, 0.29) is 4.99 Å². The number of aromatic nitrogens is 2. The van der Waals surface area contributed by atoms with Crippen LogP contribution in [0, 0.1) is 0 Å². The van der Waals surface area contributed by atoms with Crippen molar-refractivity contribution in [1.82, 2.24) is 9.97 Å². The number of pyridine rings is 2. The Hall–Kier alpha value is -2.21. The summed E-state index contributed by atoms with van der Waals surface area (Å²) in [6.45, 7) is 2.51. The highest BCUT2D eigenvalue weighted by molar-refractivity contribution is 7.80. The third-order valence-electron chi connectivity index (χ3n) is 2.30. The van der Waals surface area contributed by atoms with Crippen LogP contribution in [0.15, 0.2) is 36.5 Å². The third-order valence-corrected chi connectivity index (χ3v) is 2.51. The van der Waals surface area contributed by atoms with E-state index in [1.54, 1.807) is 18.3 Å². The molecule has 2 aromatic heterocycles. The zero-order chi connectivity index (χ0) is 13.7. The number of nitrogens with zero attached hydrogens (tertiary/aromatic N) is 2. The van der Waals surface area contributed by atoms with E-state index in [2.05, 4.69) is 15.3 Å². The van der Waals surface area contributed by atoms with Gasteiger partial charge in [-0.1, -0.05) is 18.3 Å². The number of ether oxygens (including phenoxy) is 1. The van der Waals surface area contributed by atoms with Crippen molar-refractivity contribution in [3.05, 3.63) is 42.2 Å². The maximum Gasteiger partial charge on any atom is 0.213 e. The Morgan fingerprint density at radius 2 is 2.21 bits per heavy atom. The van der Waals surface area contributed by atoms with Gasteiger partial charge in [0.1, 0.15) is 10.8 Å². The Bertz CT molecular complexity index is 571. The molecule has 0 bridgehead atoms. The molecule has 5 nitrogen and oxygen atoms in total. The average Bonchev–Trinajstić information content (AvgIpc) is 2.42. The van der Waals surface area contributed by atoms with Crippen LogP contribution >= 0.6 is 12.2 Å². The average molecular weight is 274 g/mol. The van der Waals surface area contributed by atoms with Crippen LogP contribution in [0.1, 0.15) is 12.6 Å². The van der Waals surface area contributed by atoms with Gasteiger partial charge >= 0.3 is 0 Å². The SMILES string of the molecule is CCOc1ccc(Nc2cccc(C(N)=S)n2)cn1. The predicted octanol–water partition coefficient (Wildman–Crippen LogP) is 2.25. The van der Waals surface area contributed by atoms with Gasteiger partial charge in [-0.25, -0.2) is 9.97 Å². The molecule has 2 rings (SSSR count). The summed E-state index contributed by atoms with van der Waals surface area (Å²) >= 11 is 4.89. The highest BCUT2D eigenvalue weighted by Crippen LogP contribution is 2.16. The van der Waals surface area contributed by atoms with Crippen LogP contribution < -0.4 is 15.8 Å². The van der Waals surface area contributed by atoms with Gasteiger partial charge in [0, 0.05) is 6.07 Å². The van der Waals surface area contributed by atoms with Gasteiger partial charge in [0.15, 0.2) is 0 Å². The molecule has 19 heavy (non-hydrogen) atoms. The van der Waals surface area contributed by atoms with Crippen molar-refractivity contribution in [2.45, 2.75) is 6.92 Å². The summed E-state index contributed by atoms with van der Waals surface area (Å²) in [6, 6.07) is 9.10. The molecule has 0 aliphatic heterocycles. The summed E-state index contributed by atoms with van der Waals surface area (Å²) in [6.07, 6.45) is 1.68. The van der Waals surface area contributed by atoms with E-state index in [1.807, 2.05) is 25.1 Å². The number of hydrogen-bond acceptors (Lipinski definition) is 5. The molecule has 0 aliphatic rings. The number of rotatable bonds is 5. The molecular formula is C13H14N4OS. The first kappa shape index (κ1) is 13.2. The van der Waals surface area contributed by atoms with Crippen LogP contribution in [0.2, 0.25) is 0 Å². The molecule has 0 aliphatic carbocycles. The maximum atomic E-state index is 5.54. The highest BCUT2D eigenvalue weighted by Gasteiger charge is 2.01. The first-order chi connectivity index (χ1) is 9.19. The molecule has 0 aromatic carbocycles. The third kappa shape index (κ3) is 3.62. The van der Waals surface area contributed by atoms with Gasteiger partial charge in [0.25, 0.3) is 0 Å². The predicted molar refractivity (Wildman–Crippen MR) is 78.8 cm³/mol. The lowest BCUT2D eigenvalue weighted by atomic mass is 10.3. The fourth-order valence-corrected chi connectivity index (χ4v) is 1.59. The summed E-state index contributed by atoms with van der Waals surface area (Å²) in [5.74, 6) is 1.26. The Labute approximate surface area is 116 Å². The van der Waals surface area contributed by atoms with Gasteiger partial charge in [-0.05, 0) is 25.1 Å². The van der Waals surface area contributed by atoms with Crippen LogP contribution in [0.4, 0.5) is 11.5 Å². The van der Waals surface area contributed by atoms with E-state index >= 15 is 0 Å². The maximum absolute atomic E-state index is 5.54. The Balaban J connectivity index is 2.12. The van der Waals surface area contributed by atoms with Crippen molar-refractivity contribution in [1.29, 1.82) is 0 Å². The van der Waals surface area contributed by atoms with E-state index in [4.69, 9.17) is 22.7 Å². The topological polar surface area (TPSA) is 73.1 Å². The lowest BCUT2D eigenvalue weighted by Gasteiger charge is -2.07. The second kappa shape index (κ2) is 6.10. The molecule has 3 N–H and O–H groups in total. The monoisotopic (exact) mass is 274 g/mol. The summed E-state index contributed by atoms with van der Waals surface area (Å²) < 4.78 is 5.27. The molecule has 0 fully saturated rings. The smallest absolute Gasteiger partial charge is 0.213 e. The molecule has 0 saturated heterocycles. The molecule has 2 aromatic rings. The number of hydrogen-bond donors (Lipinski definition) is 2. The fraction of sp³-hybridized carbons (Fsp3) is 0.154. The number of nitrogens with two attached hydrogens (primary N) is 1. The molecule has 0 atom stereocenters. The van der Waals surface area contributed by atoms with Crippen LogP contribution in [-0.2, 0) is 0 Å². The van der Waals surface area contributed by atoms with Crippen LogP contribution in [0.3, 0.4) is 0 Å². The molecule has 0 spiro atoms. The number of anilines is 2. The summed E-state index contributed by atoms with van der Waals surface area (Å²) in [5.41, 5.74) is 6.94. The second-order valence-corrected chi connectivity index (χ2v) is 4.16. The van der Waals surface area contributed by atoms with Crippen molar-refractivity contribution in [2.75, 3.05) is 11.9 Å². The van der Waals surface area contributed by atoms with Crippen molar-refractivity contribution in [3.63, 3.8) is 0 Å². The summed E-state index contributed by atoms with van der Waals surface area (Å²) in [7, 11) is 0. The fourth-order valence-electron chi connectivity index (χ4n) is 1.48. The minimum absolute atomic E-state index is 0.272. The highest BCUT2D eigenvalue weighted by atomic mass is 32.1. The van der Waals surface area contributed by atoms with Crippen LogP contribution in [0.25, 0.3) is 0 Å². The van der Waals surface area contributed by atoms with Crippen LogP contribution in [-0.4, -0.2) is 21.6 Å². The van der Waals surface area contributed by atoms with Crippen molar-refractivity contribution in [3.8, 4) is 5.88 Å². The first-order valence-corrected chi connectivity index (χ1v) is 6.22. The van der Waals surface area contributed by atoms with Gasteiger partial charge < -0.3 is 15.8 Å². The standard InChI is InChI=1S/C13H14N4OS/c1-2-18-12-7-6-9(8-15-12)16-11-5-3-4-10(17-11)13(14)19/h3-8H,2H2,1H3,(H2,14,19)(H,16,17). The molecule has 0 amide bonds. The van der Waals surface area contributed by atoms with Gasteiger partial charge in [-0.2, -0.15) is 0 Å². The lowest BCUT2D eigenvalue weighted by Crippen LogP contribution is -2.12. The van der Waals surface area contributed by atoms with Crippen molar-refractivity contribution >= 4 is 28.7 Å².